The maximum atomic E-state index is 13.2. The van der Waals surface area contributed by atoms with Gasteiger partial charge in [-0.05, 0) is 36.1 Å². The van der Waals surface area contributed by atoms with Gasteiger partial charge in [0.1, 0.15) is 17.9 Å². The van der Waals surface area contributed by atoms with E-state index in [4.69, 9.17) is 18.9 Å². The number of hydrogen-bond acceptors (Lipinski definition) is 9. The largest absolute Gasteiger partial charge is 0.485 e. The molecular weight excluding hydrogens is 517 g/mol. The van der Waals surface area contributed by atoms with Crippen LogP contribution >= 0.6 is 0 Å². The first kappa shape index (κ1) is 27.1. The maximum Gasteiger partial charge on any atom is 0.257 e. The average Bonchev–Trinajstić information content (AvgIpc) is 3.78. The molecule has 1 aromatic carbocycles. The van der Waals surface area contributed by atoms with Crippen LogP contribution in [0.5, 0.6) is 23.3 Å². The van der Waals surface area contributed by atoms with Gasteiger partial charge in [0.25, 0.3) is 5.88 Å². The highest BCUT2D eigenvalue weighted by Gasteiger charge is 2.54. The van der Waals surface area contributed by atoms with Crippen LogP contribution in [0.2, 0.25) is 0 Å². The number of Topliss-reactive ketones (excluding diaryl/α,β-unsaturated/α-hetero) is 2. The van der Waals surface area contributed by atoms with Gasteiger partial charge in [-0.15, -0.1) is 0 Å². The van der Waals surface area contributed by atoms with E-state index in [1.165, 1.54) is 19.2 Å². The normalized spacial score (nSPS) is 13.6. The Kier molecular flexibility index (Phi) is 7.97. The van der Waals surface area contributed by atoms with E-state index >= 15 is 0 Å². The summed E-state index contributed by atoms with van der Waals surface area (Å²) < 4.78 is 35.3. The van der Waals surface area contributed by atoms with Crippen LogP contribution < -0.4 is 14.2 Å². The predicted molar refractivity (Wildman–Crippen MR) is 143 cm³/mol. The number of nitrogens with zero attached hydrogens (tertiary/aromatic N) is 3. The highest BCUT2D eigenvalue weighted by atomic mass is 19.1. The number of hydrogen-bond donors (Lipinski definition) is 0. The molecule has 0 aliphatic heterocycles. The predicted octanol–water partition coefficient (Wildman–Crippen LogP) is 4.69. The number of fused-ring (bicyclic) bond motifs is 1. The molecule has 206 valence electrons. The van der Waals surface area contributed by atoms with E-state index in [0.717, 1.165) is 0 Å². The standard InChI is InChI=1S/C30H28FN3O6/c1-37-13-14-39-24-17-22-28(34-29(24)38-2)23(9-12-32-22)40-27-8-5-20(18-33-27)16-26(36)30(10-11-30)25(35)15-19-3-6-21(31)7-4-19/h3-9,12,17-18H,10-11,13-16H2,1-2H3. The third kappa shape index (κ3) is 5.91. The van der Waals surface area contributed by atoms with Gasteiger partial charge in [-0.3, -0.25) is 14.6 Å². The summed E-state index contributed by atoms with van der Waals surface area (Å²) >= 11 is 0. The molecule has 5 rings (SSSR count). The second-order valence-electron chi connectivity index (χ2n) is 9.53. The number of carbonyl (C=O) groups is 2. The number of halogens is 1. The molecule has 0 bridgehead atoms. The summed E-state index contributed by atoms with van der Waals surface area (Å²) in [5.74, 6) is 0.829. The van der Waals surface area contributed by atoms with Crippen LogP contribution in [0.4, 0.5) is 4.39 Å². The number of ketones is 2. The van der Waals surface area contributed by atoms with E-state index in [9.17, 15) is 14.0 Å². The van der Waals surface area contributed by atoms with Crippen LogP contribution in [-0.4, -0.2) is 54.0 Å². The van der Waals surface area contributed by atoms with Gasteiger partial charge in [-0.25, -0.2) is 14.4 Å². The molecule has 0 saturated heterocycles. The lowest BCUT2D eigenvalue weighted by atomic mass is 9.88. The molecule has 0 unspecified atom stereocenters. The lowest BCUT2D eigenvalue weighted by molar-refractivity contribution is -0.133. The number of ether oxygens (including phenoxy) is 4. The van der Waals surface area contributed by atoms with Crippen LogP contribution in [0.1, 0.15) is 24.0 Å². The Morgan fingerprint density at radius 3 is 2.27 bits per heavy atom. The monoisotopic (exact) mass is 545 g/mol. The molecule has 0 spiro atoms. The topological polar surface area (TPSA) is 110 Å². The molecule has 1 aliphatic rings. The van der Waals surface area contributed by atoms with Crippen molar-refractivity contribution in [3.8, 4) is 23.3 Å². The van der Waals surface area contributed by atoms with E-state index in [1.54, 1.807) is 55.9 Å². The summed E-state index contributed by atoms with van der Waals surface area (Å²) in [6.07, 6.45) is 4.42. The Labute approximate surface area is 230 Å². The minimum Gasteiger partial charge on any atom is -0.485 e. The Balaban J connectivity index is 1.26. The quantitative estimate of drug-likeness (QED) is 0.174. The molecule has 9 nitrogen and oxygen atoms in total. The van der Waals surface area contributed by atoms with Crippen molar-refractivity contribution < 1.29 is 32.9 Å². The molecule has 3 heterocycles. The fourth-order valence-corrected chi connectivity index (χ4v) is 4.42. The smallest absolute Gasteiger partial charge is 0.257 e. The zero-order valence-electron chi connectivity index (χ0n) is 22.2. The summed E-state index contributed by atoms with van der Waals surface area (Å²) in [5, 5.41) is 0. The number of rotatable bonds is 13. The highest BCUT2D eigenvalue weighted by Crippen LogP contribution is 2.48. The van der Waals surface area contributed by atoms with Gasteiger partial charge in [0.2, 0.25) is 5.88 Å². The first-order chi connectivity index (χ1) is 19.4. The fraction of sp³-hybridized carbons (Fsp3) is 0.300. The highest BCUT2D eigenvalue weighted by molar-refractivity contribution is 6.10. The van der Waals surface area contributed by atoms with Gasteiger partial charge in [0, 0.05) is 50.5 Å². The molecule has 1 aliphatic carbocycles. The Bertz CT molecular complexity index is 1520. The Morgan fingerprint density at radius 2 is 1.62 bits per heavy atom. The average molecular weight is 546 g/mol. The number of aromatic nitrogens is 3. The number of methoxy groups -OCH3 is 2. The molecule has 40 heavy (non-hydrogen) atoms. The van der Waals surface area contributed by atoms with E-state index < -0.39 is 5.41 Å². The van der Waals surface area contributed by atoms with Crippen molar-refractivity contribution >= 4 is 22.6 Å². The lowest BCUT2D eigenvalue weighted by Crippen LogP contribution is -2.28. The molecule has 1 saturated carbocycles. The summed E-state index contributed by atoms with van der Waals surface area (Å²) in [6.45, 7) is 0.747. The minimum absolute atomic E-state index is 0.0885. The molecule has 0 N–H and O–H groups in total. The van der Waals surface area contributed by atoms with E-state index in [0.29, 0.717) is 65.6 Å². The van der Waals surface area contributed by atoms with Crippen molar-refractivity contribution in [2.75, 3.05) is 27.4 Å². The van der Waals surface area contributed by atoms with Crippen LogP contribution in [0.25, 0.3) is 11.0 Å². The van der Waals surface area contributed by atoms with Crippen molar-refractivity contribution in [3.63, 3.8) is 0 Å². The number of benzene rings is 1. The third-order valence-electron chi connectivity index (χ3n) is 6.82. The van der Waals surface area contributed by atoms with Crippen LogP contribution in [0, 0.1) is 11.2 Å². The van der Waals surface area contributed by atoms with Crippen molar-refractivity contribution in [2.24, 2.45) is 5.41 Å². The zero-order valence-corrected chi connectivity index (χ0v) is 22.2. The van der Waals surface area contributed by atoms with Gasteiger partial charge in [-0.2, -0.15) is 0 Å². The SMILES string of the molecule is COCCOc1cc2nccc(Oc3ccc(CC(=O)C4(C(=O)Cc5ccc(F)cc5)CC4)cn3)c2nc1OC. The summed E-state index contributed by atoms with van der Waals surface area (Å²) in [7, 11) is 3.09. The first-order valence-electron chi connectivity index (χ1n) is 12.8. The second kappa shape index (κ2) is 11.7. The molecule has 10 heteroatoms. The van der Waals surface area contributed by atoms with Crippen LogP contribution in [0.15, 0.2) is 60.9 Å². The zero-order chi connectivity index (χ0) is 28.1. The summed E-state index contributed by atoms with van der Waals surface area (Å²) in [6, 6.07) is 12.6. The van der Waals surface area contributed by atoms with E-state index in [1.807, 2.05) is 0 Å². The van der Waals surface area contributed by atoms with E-state index in [2.05, 4.69) is 15.0 Å². The lowest BCUT2D eigenvalue weighted by Gasteiger charge is -2.14. The first-order valence-corrected chi connectivity index (χ1v) is 12.8. The van der Waals surface area contributed by atoms with Crippen molar-refractivity contribution in [3.05, 3.63) is 77.9 Å². The Hall–Kier alpha value is -4.44. The van der Waals surface area contributed by atoms with Crippen LogP contribution in [0.3, 0.4) is 0 Å². The fourth-order valence-electron chi connectivity index (χ4n) is 4.42. The molecule has 0 radical (unpaired) electrons. The van der Waals surface area contributed by atoms with Crippen LogP contribution in [-0.2, 0) is 27.2 Å². The van der Waals surface area contributed by atoms with Crippen molar-refractivity contribution in [2.45, 2.75) is 25.7 Å². The number of carbonyl (C=O) groups excluding carboxylic acids is 2. The molecule has 0 amide bonds. The van der Waals surface area contributed by atoms with Crippen molar-refractivity contribution in [1.29, 1.82) is 0 Å². The summed E-state index contributed by atoms with van der Waals surface area (Å²) in [5.41, 5.74) is 1.42. The second-order valence-corrected chi connectivity index (χ2v) is 9.53. The van der Waals surface area contributed by atoms with Gasteiger partial charge in [0.15, 0.2) is 23.1 Å². The summed E-state index contributed by atoms with van der Waals surface area (Å²) in [4.78, 5) is 39.2. The molecule has 1 fully saturated rings. The van der Waals surface area contributed by atoms with Gasteiger partial charge < -0.3 is 18.9 Å². The Morgan fingerprint density at radius 1 is 0.900 bits per heavy atom. The maximum absolute atomic E-state index is 13.2. The molecule has 0 atom stereocenters. The van der Waals surface area contributed by atoms with Crippen molar-refractivity contribution in [1.82, 2.24) is 15.0 Å². The molecular formula is C30H28FN3O6. The van der Waals surface area contributed by atoms with Gasteiger partial charge >= 0.3 is 0 Å². The van der Waals surface area contributed by atoms with Gasteiger partial charge in [-0.1, -0.05) is 18.2 Å². The van der Waals surface area contributed by atoms with Gasteiger partial charge in [0.05, 0.1) is 24.6 Å². The number of pyridine rings is 3. The molecule has 4 aromatic rings. The minimum atomic E-state index is -0.962. The third-order valence-corrected chi connectivity index (χ3v) is 6.82. The van der Waals surface area contributed by atoms with E-state index in [-0.39, 0.29) is 36.1 Å². The molecule has 3 aromatic heterocycles.